The number of aryl methyl sites for hydroxylation is 2. The lowest BCUT2D eigenvalue weighted by Gasteiger charge is -2.16. The van der Waals surface area contributed by atoms with Crippen LogP contribution in [0.1, 0.15) is 25.0 Å². The Bertz CT molecular complexity index is 1050. The highest BCUT2D eigenvalue weighted by Gasteiger charge is 2.14. The van der Waals surface area contributed by atoms with Crippen LogP contribution in [0.4, 0.5) is 11.4 Å². The van der Waals surface area contributed by atoms with Crippen molar-refractivity contribution >= 4 is 32.3 Å². The second-order valence-corrected chi connectivity index (χ2v) is 7.56. The summed E-state index contributed by atoms with van der Waals surface area (Å²) >= 11 is 0. The van der Waals surface area contributed by atoms with Crippen LogP contribution >= 0.6 is 0 Å². The summed E-state index contributed by atoms with van der Waals surface area (Å²) < 4.78 is 31.8. The van der Waals surface area contributed by atoms with E-state index in [-0.39, 0.29) is 10.6 Å². The highest BCUT2D eigenvalue weighted by Crippen LogP contribution is 2.33. The Labute approximate surface area is 153 Å². The molecule has 3 aromatic carbocycles. The molecule has 136 valence electrons. The van der Waals surface area contributed by atoms with Gasteiger partial charge in [0.05, 0.1) is 4.90 Å². The van der Waals surface area contributed by atoms with Crippen molar-refractivity contribution in [2.24, 2.45) is 0 Å². The van der Waals surface area contributed by atoms with Gasteiger partial charge in [0.25, 0.3) is 10.1 Å². The summed E-state index contributed by atoms with van der Waals surface area (Å²) in [6.07, 6.45) is 1.79. The van der Waals surface area contributed by atoms with Crippen molar-refractivity contribution in [2.45, 2.75) is 31.6 Å². The molecule has 3 aromatic rings. The van der Waals surface area contributed by atoms with Crippen molar-refractivity contribution in [2.75, 3.05) is 5.32 Å². The molecular weight excluding hydrogens is 350 g/mol. The first-order valence-corrected chi connectivity index (χ1v) is 9.89. The molecule has 0 aliphatic heterocycles. The number of phenolic OH excluding ortho intramolecular Hbond substituents is 1. The SMILES string of the molecule is CCc1cccc(CC)c1Nc1ccc2cc(S(=O)(=O)O)cc(O)c2c1. The van der Waals surface area contributed by atoms with Gasteiger partial charge in [-0.05, 0) is 47.6 Å². The molecule has 0 amide bonds. The van der Waals surface area contributed by atoms with Crippen LogP contribution in [-0.2, 0) is 23.0 Å². The molecule has 0 fully saturated rings. The topological polar surface area (TPSA) is 86.6 Å². The number of hydrogen-bond donors (Lipinski definition) is 3. The minimum Gasteiger partial charge on any atom is -0.507 e. The summed E-state index contributed by atoms with van der Waals surface area (Å²) in [6, 6.07) is 13.9. The molecule has 0 saturated carbocycles. The fourth-order valence-corrected chi connectivity index (χ4v) is 3.62. The van der Waals surface area contributed by atoms with E-state index in [4.69, 9.17) is 0 Å². The maximum atomic E-state index is 11.3. The van der Waals surface area contributed by atoms with Crippen LogP contribution in [0.15, 0.2) is 53.4 Å². The molecule has 0 bridgehead atoms. The molecule has 26 heavy (non-hydrogen) atoms. The fraction of sp³-hybridized carbons (Fsp3) is 0.200. The van der Waals surface area contributed by atoms with Crippen LogP contribution in [0.5, 0.6) is 5.75 Å². The first-order chi connectivity index (χ1) is 12.3. The number of phenols is 1. The Kier molecular flexibility index (Phi) is 4.89. The van der Waals surface area contributed by atoms with Crippen LogP contribution in [0, 0.1) is 0 Å². The van der Waals surface area contributed by atoms with Crippen molar-refractivity contribution in [3.05, 3.63) is 59.7 Å². The Balaban J connectivity index is 2.08. The first-order valence-electron chi connectivity index (χ1n) is 8.45. The Morgan fingerprint density at radius 2 is 1.62 bits per heavy atom. The third-order valence-corrected chi connectivity index (χ3v) is 5.30. The number of hydrogen-bond acceptors (Lipinski definition) is 4. The van der Waals surface area contributed by atoms with Crippen molar-refractivity contribution in [3.8, 4) is 5.75 Å². The van der Waals surface area contributed by atoms with E-state index in [0.29, 0.717) is 10.8 Å². The summed E-state index contributed by atoms with van der Waals surface area (Å²) in [4.78, 5) is -0.326. The largest absolute Gasteiger partial charge is 0.507 e. The zero-order valence-corrected chi connectivity index (χ0v) is 15.5. The third kappa shape index (κ3) is 3.52. The van der Waals surface area contributed by atoms with Gasteiger partial charge in [-0.2, -0.15) is 8.42 Å². The third-order valence-electron chi connectivity index (χ3n) is 4.47. The fourth-order valence-electron chi connectivity index (χ4n) is 3.09. The van der Waals surface area contributed by atoms with Gasteiger partial charge in [-0.25, -0.2) is 0 Å². The van der Waals surface area contributed by atoms with Gasteiger partial charge in [-0.1, -0.05) is 38.1 Å². The molecule has 0 aliphatic carbocycles. The van der Waals surface area contributed by atoms with Crippen LogP contribution in [0.25, 0.3) is 10.8 Å². The second-order valence-electron chi connectivity index (χ2n) is 6.14. The molecular formula is C20H21NO4S. The number of benzene rings is 3. The van der Waals surface area contributed by atoms with Crippen LogP contribution in [0.2, 0.25) is 0 Å². The molecule has 0 aromatic heterocycles. The molecule has 0 radical (unpaired) electrons. The minimum atomic E-state index is -4.37. The summed E-state index contributed by atoms with van der Waals surface area (Å²) in [5, 5.41) is 14.7. The van der Waals surface area contributed by atoms with Gasteiger partial charge in [0.2, 0.25) is 0 Å². The smallest absolute Gasteiger partial charge is 0.294 e. The van der Waals surface area contributed by atoms with Crippen LogP contribution in [0.3, 0.4) is 0 Å². The maximum Gasteiger partial charge on any atom is 0.294 e. The van der Waals surface area contributed by atoms with Gasteiger partial charge in [0, 0.05) is 22.8 Å². The van der Waals surface area contributed by atoms with Crippen LogP contribution < -0.4 is 5.32 Å². The zero-order chi connectivity index (χ0) is 18.9. The monoisotopic (exact) mass is 371 g/mol. The van der Waals surface area contributed by atoms with E-state index < -0.39 is 10.1 Å². The minimum absolute atomic E-state index is 0.196. The van der Waals surface area contributed by atoms with E-state index in [1.54, 1.807) is 12.1 Å². The highest BCUT2D eigenvalue weighted by atomic mass is 32.2. The molecule has 3 rings (SSSR count). The molecule has 0 aliphatic rings. The number of nitrogens with one attached hydrogen (secondary N) is 1. The number of fused-ring (bicyclic) bond motifs is 1. The van der Waals surface area contributed by atoms with Gasteiger partial charge < -0.3 is 10.4 Å². The lowest BCUT2D eigenvalue weighted by Crippen LogP contribution is -2.00. The van der Waals surface area contributed by atoms with E-state index in [9.17, 15) is 18.1 Å². The molecule has 0 heterocycles. The van der Waals surface area contributed by atoms with Crippen molar-refractivity contribution in [1.82, 2.24) is 0 Å². The quantitative estimate of drug-likeness (QED) is 0.568. The van der Waals surface area contributed by atoms with Crippen LogP contribution in [-0.4, -0.2) is 18.1 Å². The number of rotatable bonds is 5. The zero-order valence-electron chi connectivity index (χ0n) is 14.7. The lowest BCUT2D eigenvalue weighted by molar-refractivity contribution is 0.471. The van der Waals surface area contributed by atoms with Gasteiger partial charge in [-0.3, -0.25) is 4.55 Å². The summed E-state index contributed by atoms with van der Waals surface area (Å²) in [5.41, 5.74) is 4.26. The molecule has 3 N–H and O–H groups in total. The summed E-state index contributed by atoms with van der Waals surface area (Å²) in [5.74, 6) is -0.196. The van der Waals surface area contributed by atoms with Crippen molar-refractivity contribution < 1.29 is 18.1 Å². The Morgan fingerprint density at radius 3 is 2.19 bits per heavy atom. The van der Waals surface area contributed by atoms with Gasteiger partial charge in [-0.15, -0.1) is 0 Å². The average molecular weight is 371 g/mol. The normalized spacial score (nSPS) is 11.7. The Hall–Kier alpha value is -2.57. The summed E-state index contributed by atoms with van der Waals surface area (Å²) in [6.45, 7) is 4.20. The standard InChI is InChI=1S/C20H21NO4S/c1-3-13-6-5-7-14(4-2)20(13)21-16-9-8-15-10-17(26(23,24)25)12-19(22)18(15)11-16/h5-12,21-22H,3-4H2,1-2H3,(H,23,24,25). The predicted molar refractivity (Wildman–Crippen MR) is 104 cm³/mol. The van der Waals surface area contributed by atoms with E-state index >= 15 is 0 Å². The molecule has 0 unspecified atom stereocenters. The molecule has 0 spiro atoms. The molecule has 5 nitrogen and oxygen atoms in total. The Morgan fingerprint density at radius 1 is 0.962 bits per heavy atom. The van der Waals surface area contributed by atoms with Crippen molar-refractivity contribution in [3.63, 3.8) is 0 Å². The molecule has 0 atom stereocenters. The number of aromatic hydroxyl groups is 1. The van der Waals surface area contributed by atoms with E-state index in [2.05, 4.69) is 31.3 Å². The second kappa shape index (κ2) is 6.97. The predicted octanol–water partition coefficient (Wildman–Crippen LogP) is 4.66. The highest BCUT2D eigenvalue weighted by molar-refractivity contribution is 7.85. The van der Waals surface area contributed by atoms with Crippen molar-refractivity contribution in [1.29, 1.82) is 0 Å². The summed E-state index contributed by atoms with van der Waals surface area (Å²) in [7, 11) is -4.37. The van der Waals surface area contributed by atoms with Gasteiger partial charge >= 0.3 is 0 Å². The van der Waals surface area contributed by atoms with E-state index in [1.165, 1.54) is 17.2 Å². The van der Waals surface area contributed by atoms with E-state index in [1.807, 2.05) is 12.1 Å². The average Bonchev–Trinajstić information content (AvgIpc) is 2.61. The first kappa shape index (κ1) is 18.2. The molecule has 0 saturated heterocycles. The maximum absolute atomic E-state index is 11.3. The number of para-hydroxylation sites is 1. The van der Waals surface area contributed by atoms with Gasteiger partial charge in [0.1, 0.15) is 5.75 Å². The van der Waals surface area contributed by atoms with E-state index in [0.717, 1.165) is 30.3 Å². The molecule has 6 heteroatoms. The lowest BCUT2D eigenvalue weighted by atomic mass is 10.0. The number of anilines is 2. The van der Waals surface area contributed by atoms with Gasteiger partial charge in [0.15, 0.2) is 0 Å².